The molecule has 1 aromatic heterocycles. The molecule has 4 rings (SSSR count). The van der Waals surface area contributed by atoms with E-state index in [4.69, 9.17) is 10.00 Å². The van der Waals surface area contributed by atoms with Crippen LogP contribution >= 0.6 is 0 Å². The van der Waals surface area contributed by atoms with Crippen molar-refractivity contribution in [2.24, 2.45) is 5.10 Å². The second-order valence-corrected chi connectivity index (χ2v) is 6.80. The molecule has 0 saturated carbocycles. The van der Waals surface area contributed by atoms with Crippen LogP contribution in [0.3, 0.4) is 0 Å². The summed E-state index contributed by atoms with van der Waals surface area (Å²) in [5.74, 6) is 0.250. The molecule has 0 bridgehead atoms. The molecule has 2 aliphatic rings. The largest absolute Gasteiger partial charge is 0.486 e. The Morgan fingerprint density at radius 2 is 2.11 bits per heavy atom. The van der Waals surface area contributed by atoms with Crippen LogP contribution in [-0.2, 0) is 0 Å². The third-order valence-corrected chi connectivity index (χ3v) is 5.05. The number of ether oxygens (including phenoxy) is 1. The number of carbonyl (C=O) groups excluding carboxylic acids is 1. The Balaban J connectivity index is 1.42. The molecule has 0 N–H and O–H groups in total. The number of hydrogen-bond acceptors (Lipinski definition) is 5. The van der Waals surface area contributed by atoms with E-state index < -0.39 is 0 Å². The molecule has 1 fully saturated rings. The van der Waals surface area contributed by atoms with Gasteiger partial charge in [-0.05, 0) is 42.8 Å². The van der Waals surface area contributed by atoms with Gasteiger partial charge in [-0.2, -0.15) is 10.4 Å². The van der Waals surface area contributed by atoms with Gasteiger partial charge in [0.05, 0.1) is 24.2 Å². The van der Waals surface area contributed by atoms with Gasteiger partial charge in [0.25, 0.3) is 0 Å². The Bertz CT molecular complexity index is 956. The Morgan fingerprint density at radius 1 is 1.32 bits per heavy atom. The van der Waals surface area contributed by atoms with Crippen LogP contribution in [0.1, 0.15) is 30.5 Å². The molecular weight excluding hydrogens is 361 g/mol. The highest BCUT2D eigenvalue weighted by molar-refractivity contribution is 5.79. The van der Waals surface area contributed by atoms with Crippen molar-refractivity contribution in [3.63, 3.8) is 0 Å². The monoisotopic (exact) mass is 379 g/mol. The average molecular weight is 379 g/mol. The summed E-state index contributed by atoms with van der Waals surface area (Å²) in [5.41, 5.74) is 1.22. The highest BCUT2D eigenvalue weighted by Crippen LogP contribution is 2.32. The van der Waals surface area contributed by atoms with E-state index in [-0.39, 0.29) is 30.0 Å². The zero-order valence-electron chi connectivity index (χ0n) is 15.2. The second-order valence-electron chi connectivity index (χ2n) is 6.80. The van der Waals surface area contributed by atoms with Crippen molar-refractivity contribution in [3.8, 4) is 11.8 Å². The van der Waals surface area contributed by atoms with E-state index in [0.717, 1.165) is 5.56 Å². The molecule has 0 unspecified atom stereocenters. The van der Waals surface area contributed by atoms with Gasteiger partial charge < -0.3 is 9.64 Å². The first-order valence-corrected chi connectivity index (χ1v) is 8.96. The molecule has 8 heteroatoms. The lowest BCUT2D eigenvalue weighted by Crippen LogP contribution is -2.64. The van der Waals surface area contributed by atoms with Gasteiger partial charge in [-0.25, -0.2) is 14.2 Å². The van der Waals surface area contributed by atoms with Crippen molar-refractivity contribution in [3.05, 3.63) is 59.7 Å². The maximum atomic E-state index is 13.0. The number of nitriles is 1. The first-order valence-electron chi connectivity index (χ1n) is 8.96. The Morgan fingerprint density at radius 3 is 2.82 bits per heavy atom. The zero-order chi connectivity index (χ0) is 19.7. The van der Waals surface area contributed by atoms with E-state index in [1.165, 1.54) is 23.3 Å². The fraction of sp³-hybridized carbons (Fsp3) is 0.300. The third kappa shape index (κ3) is 3.27. The molecule has 7 nitrogen and oxygen atoms in total. The van der Waals surface area contributed by atoms with E-state index in [1.807, 2.05) is 6.92 Å². The number of pyridine rings is 1. The van der Waals surface area contributed by atoms with Crippen LogP contribution in [0, 0.1) is 17.1 Å². The molecule has 0 aliphatic carbocycles. The van der Waals surface area contributed by atoms with Crippen molar-refractivity contribution in [2.75, 3.05) is 6.54 Å². The van der Waals surface area contributed by atoms with E-state index in [9.17, 15) is 9.18 Å². The van der Waals surface area contributed by atoms with Crippen molar-refractivity contribution in [1.82, 2.24) is 14.9 Å². The highest BCUT2D eigenvalue weighted by atomic mass is 19.1. The molecule has 1 saturated heterocycles. The maximum absolute atomic E-state index is 13.0. The lowest BCUT2D eigenvalue weighted by Gasteiger charge is -2.46. The van der Waals surface area contributed by atoms with Gasteiger partial charge in [-0.1, -0.05) is 0 Å². The van der Waals surface area contributed by atoms with Gasteiger partial charge in [0.2, 0.25) is 0 Å². The topological polar surface area (TPSA) is 81.8 Å². The predicted molar refractivity (Wildman–Crippen MR) is 99.0 cm³/mol. The number of carbonyl (C=O) groups is 1. The van der Waals surface area contributed by atoms with E-state index in [1.54, 1.807) is 35.5 Å². The minimum absolute atomic E-state index is 0.141. The Kier molecular flexibility index (Phi) is 4.65. The van der Waals surface area contributed by atoms with Gasteiger partial charge in [0.1, 0.15) is 23.7 Å². The van der Waals surface area contributed by atoms with Crippen LogP contribution in [0.4, 0.5) is 9.18 Å². The van der Waals surface area contributed by atoms with Gasteiger partial charge >= 0.3 is 6.03 Å². The minimum atomic E-state index is -0.321. The summed E-state index contributed by atoms with van der Waals surface area (Å²) in [6.45, 7) is 2.33. The summed E-state index contributed by atoms with van der Waals surface area (Å²) in [4.78, 5) is 18.7. The molecule has 2 aromatic rings. The first kappa shape index (κ1) is 17.9. The lowest BCUT2D eigenvalue weighted by molar-refractivity contribution is -0.0197. The molecule has 2 amide bonds. The number of benzene rings is 1. The van der Waals surface area contributed by atoms with Crippen molar-refractivity contribution in [1.29, 1.82) is 5.26 Å². The van der Waals surface area contributed by atoms with E-state index >= 15 is 0 Å². The van der Waals surface area contributed by atoms with Crippen molar-refractivity contribution < 1.29 is 13.9 Å². The third-order valence-electron chi connectivity index (χ3n) is 5.05. The molecule has 28 heavy (non-hydrogen) atoms. The van der Waals surface area contributed by atoms with Crippen LogP contribution in [0.2, 0.25) is 0 Å². The number of urea groups is 1. The van der Waals surface area contributed by atoms with Crippen LogP contribution in [-0.4, -0.2) is 45.8 Å². The molecule has 3 heterocycles. The van der Waals surface area contributed by atoms with E-state index in [2.05, 4.69) is 16.2 Å². The molecule has 0 spiro atoms. The number of hydrogen-bond donors (Lipinski definition) is 0. The smallest absolute Gasteiger partial charge is 0.341 e. The summed E-state index contributed by atoms with van der Waals surface area (Å²) in [7, 11) is 0. The highest BCUT2D eigenvalue weighted by Gasteiger charge is 2.44. The quantitative estimate of drug-likeness (QED) is 0.821. The van der Waals surface area contributed by atoms with Crippen molar-refractivity contribution in [2.45, 2.75) is 31.5 Å². The lowest BCUT2D eigenvalue weighted by atomic mass is 10.0. The summed E-state index contributed by atoms with van der Waals surface area (Å²) in [5, 5.41) is 14.7. The summed E-state index contributed by atoms with van der Waals surface area (Å²) in [6, 6.07) is 8.98. The summed E-state index contributed by atoms with van der Waals surface area (Å²) in [6.07, 6.45) is 5.24. The second kappa shape index (κ2) is 7.27. The minimum Gasteiger partial charge on any atom is -0.486 e. The number of amides is 2. The Hall–Kier alpha value is -3.47. The molecule has 3 atom stereocenters. The maximum Gasteiger partial charge on any atom is 0.341 e. The summed E-state index contributed by atoms with van der Waals surface area (Å²) < 4.78 is 18.9. The zero-order valence-corrected chi connectivity index (χ0v) is 15.2. The van der Waals surface area contributed by atoms with Gasteiger partial charge in [-0.15, -0.1) is 0 Å². The fourth-order valence-corrected chi connectivity index (χ4v) is 3.36. The van der Waals surface area contributed by atoms with E-state index in [0.29, 0.717) is 24.3 Å². The van der Waals surface area contributed by atoms with Crippen LogP contribution in [0.15, 0.2) is 47.8 Å². The summed E-state index contributed by atoms with van der Waals surface area (Å²) >= 11 is 0. The normalized spacial score (nSPS) is 23.2. The molecule has 2 aliphatic heterocycles. The number of aromatic nitrogens is 1. The predicted octanol–water partition coefficient (Wildman–Crippen LogP) is 3.10. The van der Waals surface area contributed by atoms with Gasteiger partial charge in [-0.3, -0.25) is 4.98 Å². The van der Waals surface area contributed by atoms with Gasteiger partial charge in [0, 0.05) is 25.0 Å². The number of likely N-dealkylation sites (tertiary alicyclic amines) is 1. The molecule has 1 aromatic carbocycles. The van der Waals surface area contributed by atoms with Crippen LogP contribution in [0.25, 0.3) is 0 Å². The average Bonchev–Trinajstić information content (AvgIpc) is 3.21. The van der Waals surface area contributed by atoms with Gasteiger partial charge in [0.15, 0.2) is 0 Å². The number of halogens is 1. The number of hydrazone groups is 1. The van der Waals surface area contributed by atoms with Crippen LogP contribution < -0.4 is 4.74 Å². The number of nitrogens with zero attached hydrogens (tertiary/aromatic N) is 5. The molecular formula is C20H18FN5O2. The SMILES string of the molecule is C[C@H]1[C@@H](Oc2ccc(F)cc2)CN1C(=O)N1N=CC[C@H]1c1cncc(C#N)c1. The molecule has 0 radical (unpaired) electrons. The fourth-order valence-electron chi connectivity index (χ4n) is 3.36. The Labute approximate surface area is 161 Å². The number of rotatable bonds is 3. The van der Waals surface area contributed by atoms with Crippen LogP contribution in [0.5, 0.6) is 5.75 Å². The first-order chi connectivity index (χ1) is 13.6. The molecule has 142 valence electrons. The van der Waals surface area contributed by atoms with Crippen molar-refractivity contribution >= 4 is 12.2 Å². The standard InChI is InChI=1S/C20H18FN5O2/c1-13-19(28-17-4-2-16(21)3-5-17)12-25(13)20(27)26-18(6-7-24-26)15-8-14(9-22)10-23-11-15/h2-5,7-8,10-11,13,18-19H,6,12H2,1H3/t13-,18-,19-/m0/s1.